The van der Waals surface area contributed by atoms with Crippen molar-refractivity contribution in [3.8, 4) is 0 Å². The molecule has 4 rings (SSSR count). The smallest absolute Gasteiger partial charge is 0.242 e. The number of hydrogen-bond acceptors (Lipinski definition) is 5. The Morgan fingerprint density at radius 1 is 1.11 bits per heavy atom. The number of pyridine rings is 1. The minimum atomic E-state index is 0.229. The van der Waals surface area contributed by atoms with E-state index in [1.807, 2.05) is 41.1 Å². The minimum Gasteiger partial charge on any atom is -0.360 e. The third-order valence-corrected chi connectivity index (χ3v) is 6.73. The fourth-order valence-electron chi connectivity index (χ4n) is 3.73. The van der Waals surface area contributed by atoms with Crippen molar-refractivity contribution in [3.63, 3.8) is 0 Å². The third kappa shape index (κ3) is 4.05. The van der Waals surface area contributed by atoms with Crippen LogP contribution in [0.3, 0.4) is 0 Å². The first-order valence-electron chi connectivity index (χ1n) is 9.69. The highest BCUT2D eigenvalue weighted by molar-refractivity contribution is 8.00. The second-order valence-electron chi connectivity index (χ2n) is 7.05. The Morgan fingerprint density at radius 2 is 1.89 bits per heavy atom. The van der Waals surface area contributed by atoms with E-state index in [1.165, 1.54) is 10.6 Å². The molecular formula is C21H26N4OS. The lowest BCUT2D eigenvalue weighted by atomic mass is 10.2. The van der Waals surface area contributed by atoms with Gasteiger partial charge in [0.2, 0.25) is 5.91 Å². The van der Waals surface area contributed by atoms with Gasteiger partial charge in [-0.3, -0.25) is 4.79 Å². The van der Waals surface area contributed by atoms with Gasteiger partial charge < -0.3 is 14.7 Å². The van der Waals surface area contributed by atoms with Crippen LogP contribution in [0.1, 0.15) is 13.3 Å². The fraction of sp³-hybridized carbons (Fsp3) is 0.429. The number of benzene rings is 1. The highest BCUT2D eigenvalue weighted by Crippen LogP contribution is 2.39. The van der Waals surface area contributed by atoms with E-state index in [0.717, 1.165) is 45.0 Å². The van der Waals surface area contributed by atoms with Gasteiger partial charge in [0.15, 0.2) is 0 Å². The van der Waals surface area contributed by atoms with Crippen LogP contribution >= 0.6 is 11.8 Å². The van der Waals surface area contributed by atoms with Crippen molar-refractivity contribution in [2.45, 2.75) is 23.5 Å². The third-order valence-electron chi connectivity index (χ3n) is 5.31. The molecule has 1 fully saturated rings. The normalized spacial score (nSPS) is 19.7. The summed E-state index contributed by atoms with van der Waals surface area (Å²) in [4.78, 5) is 25.2. The molecule has 0 bridgehead atoms. The van der Waals surface area contributed by atoms with E-state index in [-0.39, 0.29) is 5.91 Å². The Hall–Kier alpha value is -2.21. The van der Waals surface area contributed by atoms with Gasteiger partial charge in [-0.25, -0.2) is 4.98 Å². The predicted octanol–water partition coefficient (Wildman–Crippen LogP) is 3.12. The Bertz CT molecular complexity index is 777. The molecule has 0 spiro atoms. The van der Waals surface area contributed by atoms with Crippen LogP contribution in [0.25, 0.3) is 0 Å². The Balaban J connectivity index is 1.38. The molecule has 5 nitrogen and oxygen atoms in total. The van der Waals surface area contributed by atoms with Crippen LogP contribution < -0.4 is 9.80 Å². The zero-order valence-electron chi connectivity index (χ0n) is 15.8. The zero-order valence-corrected chi connectivity index (χ0v) is 16.6. The maximum absolute atomic E-state index is 13.0. The summed E-state index contributed by atoms with van der Waals surface area (Å²) in [6.45, 7) is 6.84. The lowest BCUT2D eigenvalue weighted by Crippen LogP contribution is -2.52. The summed E-state index contributed by atoms with van der Waals surface area (Å²) in [7, 11) is 0. The van der Waals surface area contributed by atoms with Gasteiger partial charge in [0.05, 0.1) is 12.2 Å². The van der Waals surface area contributed by atoms with Crippen molar-refractivity contribution >= 4 is 29.2 Å². The molecule has 2 aliphatic rings. The molecule has 0 N–H and O–H groups in total. The summed E-state index contributed by atoms with van der Waals surface area (Å²) in [6, 6.07) is 14.4. The zero-order chi connectivity index (χ0) is 18.6. The molecule has 1 atom stereocenters. The van der Waals surface area contributed by atoms with E-state index in [1.54, 1.807) is 0 Å². The van der Waals surface area contributed by atoms with Crippen LogP contribution in [0.4, 0.5) is 11.5 Å². The molecule has 1 amide bonds. The summed E-state index contributed by atoms with van der Waals surface area (Å²) in [5.41, 5.74) is 1.20. The largest absolute Gasteiger partial charge is 0.360 e. The quantitative estimate of drug-likeness (QED) is 0.813. The van der Waals surface area contributed by atoms with E-state index in [4.69, 9.17) is 0 Å². The van der Waals surface area contributed by atoms with E-state index in [9.17, 15) is 4.79 Å². The molecule has 3 heterocycles. The SMILES string of the molecule is CCC1CN(CC(=O)N2CCN(c3ccccn3)CC2)c2ccccc2S1. The number of carbonyl (C=O) groups is 1. The van der Waals surface area contributed by atoms with Gasteiger partial charge >= 0.3 is 0 Å². The molecule has 1 aromatic heterocycles. The molecule has 0 saturated carbocycles. The van der Waals surface area contributed by atoms with E-state index >= 15 is 0 Å². The van der Waals surface area contributed by atoms with E-state index in [0.29, 0.717) is 11.8 Å². The summed E-state index contributed by atoms with van der Waals surface area (Å²) < 4.78 is 0. The van der Waals surface area contributed by atoms with Gasteiger partial charge in [0, 0.05) is 49.1 Å². The monoisotopic (exact) mass is 382 g/mol. The summed E-state index contributed by atoms with van der Waals surface area (Å²) in [5, 5.41) is 0.550. The maximum Gasteiger partial charge on any atom is 0.242 e. The minimum absolute atomic E-state index is 0.229. The van der Waals surface area contributed by atoms with Gasteiger partial charge in [-0.2, -0.15) is 0 Å². The molecule has 1 aromatic carbocycles. The summed E-state index contributed by atoms with van der Waals surface area (Å²) >= 11 is 1.94. The molecular weight excluding hydrogens is 356 g/mol. The first-order chi connectivity index (χ1) is 13.2. The van der Waals surface area contributed by atoms with Crippen molar-refractivity contribution < 1.29 is 4.79 Å². The molecule has 2 aromatic rings. The molecule has 2 aliphatic heterocycles. The number of rotatable bonds is 4. The van der Waals surface area contributed by atoms with Crippen LogP contribution in [0.2, 0.25) is 0 Å². The molecule has 27 heavy (non-hydrogen) atoms. The van der Waals surface area contributed by atoms with Crippen molar-refractivity contribution in [3.05, 3.63) is 48.7 Å². The molecule has 1 unspecified atom stereocenters. The number of hydrogen-bond donors (Lipinski definition) is 0. The second kappa shape index (κ2) is 8.21. The number of para-hydroxylation sites is 1. The second-order valence-corrected chi connectivity index (χ2v) is 8.39. The lowest BCUT2D eigenvalue weighted by molar-refractivity contribution is -0.130. The first-order valence-corrected chi connectivity index (χ1v) is 10.6. The van der Waals surface area contributed by atoms with Crippen molar-refractivity contribution in [2.24, 2.45) is 0 Å². The first kappa shape index (κ1) is 18.2. The number of piperazine rings is 1. The fourth-order valence-corrected chi connectivity index (χ4v) is 4.99. The average molecular weight is 383 g/mol. The van der Waals surface area contributed by atoms with Crippen molar-refractivity contribution in [1.82, 2.24) is 9.88 Å². The van der Waals surface area contributed by atoms with Gasteiger partial charge in [-0.15, -0.1) is 11.8 Å². The molecule has 142 valence electrons. The Morgan fingerprint density at radius 3 is 2.63 bits per heavy atom. The van der Waals surface area contributed by atoms with Gasteiger partial charge in [0.25, 0.3) is 0 Å². The summed E-state index contributed by atoms with van der Waals surface area (Å²) in [5.74, 6) is 1.23. The molecule has 0 radical (unpaired) electrons. The molecule has 0 aliphatic carbocycles. The Kier molecular flexibility index (Phi) is 5.53. The van der Waals surface area contributed by atoms with Crippen LogP contribution in [0, 0.1) is 0 Å². The highest BCUT2D eigenvalue weighted by atomic mass is 32.2. The molecule has 1 saturated heterocycles. The molecule has 6 heteroatoms. The van der Waals surface area contributed by atoms with E-state index < -0.39 is 0 Å². The van der Waals surface area contributed by atoms with Crippen LogP contribution in [0.15, 0.2) is 53.6 Å². The highest BCUT2D eigenvalue weighted by Gasteiger charge is 2.28. The number of amides is 1. The number of carbonyl (C=O) groups excluding carboxylic acids is 1. The maximum atomic E-state index is 13.0. The number of anilines is 2. The van der Waals surface area contributed by atoms with Gasteiger partial charge in [-0.05, 0) is 30.7 Å². The number of nitrogens with zero attached hydrogens (tertiary/aromatic N) is 4. The average Bonchev–Trinajstić information content (AvgIpc) is 2.74. The van der Waals surface area contributed by atoms with Crippen molar-refractivity contribution in [2.75, 3.05) is 49.1 Å². The van der Waals surface area contributed by atoms with Crippen LogP contribution in [-0.2, 0) is 4.79 Å². The van der Waals surface area contributed by atoms with E-state index in [2.05, 4.69) is 46.0 Å². The van der Waals surface area contributed by atoms with Crippen LogP contribution in [-0.4, -0.2) is 60.3 Å². The van der Waals surface area contributed by atoms with Gasteiger partial charge in [-0.1, -0.05) is 25.1 Å². The van der Waals surface area contributed by atoms with Crippen molar-refractivity contribution in [1.29, 1.82) is 0 Å². The standard InChI is InChI=1S/C21H26N4OS/c1-2-17-15-25(18-7-3-4-8-19(18)27-17)16-21(26)24-13-11-23(12-14-24)20-9-5-6-10-22-20/h3-10,17H,2,11-16H2,1H3. The van der Waals surface area contributed by atoms with Crippen LogP contribution in [0.5, 0.6) is 0 Å². The Labute approximate surface area is 165 Å². The number of aromatic nitrogens is 1. The predicted molar refractivity (Wildman–Crippen MR) is 112 cm³/mol. The lowest BCUT2D eigenvalue weighted by Gasteiger charge is -2.39. The van der Waals surface area contributed by atoms with Gasteiger partial charge in [0.1, 0.15) is 5.82 Å². The number of thioether (sulfide) groups is 1. The topological polar surface area (TPSA) is 39.7 Å². The summed E-state index contributed by atoms with van der Waals surface area (Å²) in [6.07, 6.45) is 2.94. The number of fused-ring (bicyclic) bond motifs is 1.